The van der Waals surface area contributed by atoms with Crippen molar-refractivity contribution in [2.75, 3.05) is 11.3 Å². The van der Waals surface area contributed by atoms with Crippen LogP contribution in [0.5, 0.6) is 0 Å². The van der Waals surface area contributed by atoms with Crippen LogP contribution < -0.4 is 10.5 Å². The van der Waals surface area contributed by atoms with Gasteiger partial charge in [0.05, 0.1) is 11.4 Å². The molecule has 2 aromatic rings. The average Bonchev–Trinajstić information content (AvgIpc) is 2.48. The van der Waals surface area contributed by atoms with E-state index in [1.807, 2.05) is 19.1 Å². The van der Waals surface area contributed by atoms with Crippen molar-refractivity contribution in [3.8, 4) is 11.8 Å². The van der Waals surface area contributed by atoms with Crippen LogP contribution in [0, 0.1) is 18.8 Å². The number of hydrogen-bond acceptors (Lipinski definition) is 3. The number of anilines is 1. The minimum atomic E-state index is -3.59. The Morgan fingerprint density at radius 2 is 1.67 bits per heavy atom. The van der Waals surface area contributed by atoms with E-state index in [4.69, 9.17) is 5.73 Å². The molecule has 108 valence electrons. The van der Waals surface area contributed by atoms with Gasteiger partial charge in [-0.2, -0.15) is 0 Å². The van der Waals surface area contributed by atoms with E-state index in [0.29, 0.717) is 5.69 Å². The number of hydrogen-bond donors (Lipinski definition) is 2. The second kappa shape index (κ2) is 6.44. The highest BCUT2D eigenvalue weighted by Crippen LogP contribution is 2.16. The van der Waals surface area contributed by atoms with Gasteiger partial charge in [0, 0.05) is 11.3 Å². The molecule has 0 amide bonds. The fourth-order valence-electron chi connectivity index (χ4n) is 1.71. The van der Waals surface area contributed by atoms with Crippen molar-refractivity contribution in [1.82, 2.24) is 0 Å². The topological polar surface area (TPSA) is 72.2 Å². The lowest BCUT2D eigenvalue weighted by molar-refractivity contribution is 0.601. The number of aryl methyl sites for hydroxylation is 1. The zero-order valence-corrected chi connectivity index (χ0v) is 12.4. The molecule has 0 aromatic heterocycles. The molecule has 0 unspecified atom stereocenters. The molecule has 0 aliphatic heterocycles. The summed E-state index contributed by atoms with van der Waals surface area (Å²) in [6.45, 7) is 2.22. The van der Waals surface area contributed by atoms with Crippen molar-refractivity contribution >= 4 is 15.7 Å². The van der Waals surface area contributed by atoms with Crippen molar-refractivity contribution in [3.05, 3.63) is 59.7 Å². The third kappa shape index (κ3) is 4.09. The van der Waals surface area contributed by atoms with Crippen LogP contribution in [0.3, 0.4) is 0 Å². The molecule has 0 atom stereocenters. The zero-order valence-electron chi connectivity index (χ0n) is 11.6. The summed E-state index contributed by atoms with van der Waals surface area (Å²) in [5, 5.41) is 0. The Kier molecular flexibility index (Phi) is 4.63. The van der Waals surface area contributed by atoms with Gasteiger partial charge in [-0.15, -0.1) is 0 Å². The molecule has 2 rings (SSSR count). The quantitative estimate of drug-likeness (QED) is 0.853. The highest BCUT2D eigenvalue weighted by atomic mass is 32.2. The van der Waals surface area contributed by atoms with E-state index < -0.39 is 10.0 Å². The van der Waals surface area contributed by atoms with Crippen molar-refractivity contribution in [2.45, 2.75) is 11.8 Å². The Morgan fingerprint density at radius 1 is 1.05 bits per heavy atom. The van der Waals surface area contributed by atoms with E-state index in [1.54, 1.807) is 24.3 Å². The number of nitrogens with one attached hydrogen (secondary N) is 1. The lowest BCUT2D eigenvalue weighted by atomic mass is 10.2. The SMILES string of the molecule is Cc1ccc(NS(=O)(=O)c2ccc(C#CCN)cc2)cc1. The van der Waals surface area contributed by atoms with Gasteiger partial charge < -0.3 is 5.73 Å². The first-order valence-corrected chi connectivity index (χ1v) is 7.88. The van der Waals surface area contributed by atoms with Crippen LogP contribution in [0.2, 0.25) is 0 Å². The summed E-state index contributed by atoms with van der Waals surface area (Å²) in [5.41, 5.74) is 7.63. The minimum absolute atomic E-state index is 0.196. The van der Waals surface area contributed by atoms with E-state index in [1.165, 1.54) is 12.1 Å². The molecule has 0 bridgehead atoms. The van der Waals surface area contributed by atoms with E-state index >= 15 is 0 Å². The van der Waals surface area contributed by atoms with Crippen molar-refractivity contribution in [2.24, 2.45) is 5.73 Å². The molecule has 0 saturated heterocycles. The molecule has 0 fully saturated rings. The first kappa shape index (κ1) is 15.1. The molecule has 21 heavy (non-hydrogen) atoms. The molecule has 2 aromatic carbocycles. The Bertz CT molecular complexity index is 768. The summed E-state index contributed by atoms with van der Waals surface area (Å²) in [6.07, 6.45) is 0. The lowest BCUT2D eigenvalue weighted by Gasteiger charge is -2.08. The molecular weight excluding hydrogens is 284 g/mol. The molecule has 5 heteroatoms. The molecule has 3 N–H and O–H groups in total. The summed E-state index contributed by atoms with van der Waals surface area (Å²) in [4.78, 5) is 0.196. The second-order valence-corrected chi connectivity index (χ2v) is 6.18. The van der Waals surface area contributed by atoms with E-state index in [2.05, 4.69) is 16.6 Å². The fraction of sp³-hybridized carbons (Fsp3) is 0.125. The van der Waals surface area contributed by atoms with Crippen molar-refractivity contribution < 1.29 is 8.42 Å². The number of sulfonamides is 1. The molecule has 0 aliphatic carbocycles. The molecule has 0 spiro atoms. The van der Waals surface area contributed by atoms with Gasteiger partial charge in [-0.3, -0.25) is 4.72 Å². The number of nitrogens with two attached hydrogens (primary N) is 1. The van der Waals surface area contributed by atoms with Crippen LogP contribution in [-0.4, -0.2) is 15.0 Å². The van der Waals surface area contributed by atoms with Gasteiger partial charge in [0.1, 0.15) is 0 Å². The van der Waals surface area contributed by atoms with Crippen LogP contribution in [-0.2, 0) is 10.0 Å². The Balaban J connectivity index is 2.21. The number of benzene rings is 2. The predicted molar refractivity (Wildman–Crippen MR) is 84.4 cm³/mol. The second-order valence-electron chi connectivity index (χ2n) is 4.50. The zero-order chi connectivity index (χ0) is 15.3. The van der Waals surface area contributed by atoms with E-state index in [-0.39, 0.29) is 11.4 Å². The van der Waals surface area contributed by atoms with Gasteiger partial charge in [-0.05, 0) is 43.3 Å². The highest BCUT2D eigenvalue weighted by molar-refractivity contribution is 7.92. The normalized spacial score (nSPS) is 10.6. The Hall–Kier alpha value is -2.29. The smallest absolute Gasteiger partial charge is 0.261 e. The molecular formula is C16H16N2O2S. The maximum Gasteiger partial charge on any atom is 0.261 e. The van der Waals surface area contributed by atoms with Crippen LogP contribution in [0.4, 0.5) is 5.69 Å². The molecule has 0 heterocycles. The maximum atomic E-state index is 12.2. The first-order chi connectivity index (χ1) is 10.0. The predicted octanol–water partition coefficient (Wildman–Crippen LogP) is 2.11. The lowest BCUT2D eigenvalue weighted by Crippen LogP contribution is -2.12. The maximum absolute atomic E-state index is 12.2. The average molecular weight is 300 g/mol. The van der Waals surface area contributed by atoms with Crippen LogP contribution >= 0.6 is 0 Å². The van der Waals surface area contributed by atoms with Gasteiger partial charge >= 0.3 is 0 Å². The van der Waals surface area contributed by atoms with Gasteiger partial charge in [0.15, 0.2) is 0 Å². The first-order valence-electron chi connectivity index (χ1n) is 6.40. The summed E-state index contributed by atoms with van der Waals surface area (Å²) in [6, 6.07) is 13.5. The molecule has 0 saturated carbocycles. The summed E-state index contributed by atoms with van der Waals surface area (Å²) in [7, 11) is -3.59. The largest absolute Gasteiger partial charge is 0.320 e. The molecule has 4 nitrogen and oxygen atoms in total. The molecule has 0 aliphatic rings. The van der Waals surface area contributed by atoms with Gasteiger partial charge in [0.2, 0.25) is 0 Å². The number of rotatable bonds is 3. The third-order valence-corrected chi connectivity index (χ3v) is 4.20. The van der Waals surface area contributed by atoms with Gasteiger partial charge in [-0.25, -0.2) is 8.42 Å². The third-order valence-electron chi connectivity index (χ3n) is 2.80. The summed E-state index contributed by atoms with van der Waals surface area (Å²) < 4.78 is 27.0. The van der Waals surface area contributed by atoms with Crippen LogP contribution in [0.1, 0.15) is 11.1 Å². The van der Waals surface area contributed by atoms with Crippen molar-refractivity contribution in [3.63, 3.8) is 0 Å². The highest BCUT2D eigenvalue weighted by Gasteiger charge is 2.13. The van der Waals surface area contributed by atoms with Gasteiger partial charge in [0.25, 0.3) is 10.0 Å². The monoisotopic (exact) mass is 300 g/mol. The summed E-state index contributed by atoms with van der Waals surface area (Å²) >= 11 is 0. The standard InChI is InChI=1S/C16H16N2O2S/c1-13-4-8-15(9-5-13)18-21(19,20)16-10-6-14(7-11-16)3-2-12-17/h4-11,18H,12,17H2,1H3. The Labute approximate surface area is 125 Å². The molecule has 0 radical (unpaired) electrons. The van der Waals surface area contributed by atoms with Crippen molar-refractivity contribution in [1.29, 1.82) is 0 Å². The van der Waals surface area contributed by atoms with E-state index in [0.717, 1.165) is 11.1 Å². The van der Waals surface area contributed by atoms with Gasteiger partial charge in [-0.1, -0.05) is 29.5 Å². The van der Waals surface area contributed by atoms with E-state index in [9.17, 15) is 8.42 Å². The summed E-state index contributed by atoms with van der Waals surface area (Å²) in [5.74, 6) is 5.57. The fourth-order valence-corrected chi connectivity index (χ4v) is 2.76. The Morgan fingerprint density at radius 3 is 2.24 bits per heavy atom. The van der Waals surface area contributed by atoms with Crippen LogP contribution in [0.25, 0.3) is 0 Å². The minimum Gasteiger partial charge on any atom is -0.320 e. The van der Waals surface area contributed by atoms with Crippen LogP contribution in [0.15, 0.2) is 53.4 Å².